The van der Waals surface area contributed by atoms with E-state index >= 15 is 0 Å². The molecule has 10 heteroatoms. The summed E-state index contributed by atoms with van der Waals surface area (Å²) in [5.74, 6) is 0. The molecule has 1 rings (SSSR count). The van der Waals surface area contributed by atoms with Crippen LogP contribution in [0.25, 0.3) is 0 Å². The van der Waals surface area contributed by atoms with Crippen LogP contribution in [0, 0.1) is 0 Å². The van der Waals surface area contributed by atoms with Gasteiger partial charge in [0.05, 0.1) is 10.5 Å². The molecule has 2 N–H and O–H groups in total. The summed E-state index contributed by atoms with van der Waals surface area (Å²) >= 11 is 2.89. The summed E-state index contributed by atoms with van der Waals surface area (Å²) < 4.78 is 64.1. The minimum Gasteiger partial charge on any atom is -0.320 e. The lowest BCUT2D eigenvalue weighted by Gasteiger charge is -2.11. The Morgan fingerprint density at radius 2 is 1.81 bits per heavy atom. The van der Waals surface area contributed by atoms with E-state index in [0.717, 1.165) is 12.1 Å². The van der Waals surface area contributed by atoms with Crippen LogP contribution in [0.5, 0.6) is 0 Å². The quantitative estimate of drug-likeness (QED) is 0.708. The molecule has 0 aliphatic heterocycles. The van der Waals surface area contributed by atoms with Crippen molar-refractivity contribution in [3.05, 3.63) is 28.2 Å². The predicted octanol–water partition coefficient (Wildman–Crippen LogP) is 2.78. The molecule has 4 nitrogen and oxygen atoms in total. The van der Waals surface area contributed by atoms with Gasteiger partial charge in [-0.1, -0.05) is 15.9 Å². The van der Waals surface area contributed by atoms with Gasteiger partial charge in [0.2, 0.25) is 10.0 Å². The molecule has 0 radical (unpaired) electrons. The number of benzene rings is 1. The highest BCUT2D eigenvalue weighted by Gasteiger charge is 2.32. The third-order valence-corrected chi connectivity index (χ3v) is 4.30. The molecule has 0 atom stereocenters. The first-order valence-electron chi connectivity index (χ1n) is 5.69. The van der Waals surface area contributed by atoms with Crippen molar-refractivity contribution < 1.29 is 21.6 Å². The van der Waals surface area contributed by atoms with Gasteiger partial charge in [-0.25, -0.2) is 13.1 Å². The van der Waals surface area contributed by atoms with E-state index < -0.39 is 26.7 Å². The molecule has 1 aromatic rings. The Bertz CT molecular complexity index is 567. The standard InChI is InChI=1S/C11H14BrF3N2O2S.ClH/c1-16-3-2-4-17-20(18,19)10-6-8(11(13,14)15)5-9(12)7-10;/h5-7,16-17H,2-4H2,1H3;1H. The van der Waals surface area contributed by atoms with E-state index in [1.165, 1.54) is 0 Å². The molecule has 1 aromatic carbocycles. The van der Waals surface area contributed by atoms with Gasteiger partial charge in [0.25, 0.3) is 0 Å². The molecule has 0 unspecified atom stereocenters. The molecule has 0 aliphatic rings. The van der Waals surface area contributed by atoms with Crippen LogP contribution in [-0.4, -0.2) is 28.6 Å². The minimum absolute atomic E-state index is 0. The van der Waals surface area contributed by atoms with E-state index in [9.17, 15) is 21.6 Å². The smallest absolute Gasteiger partial charge is 0.320 e. The molecule has 0 amide bonds. The topological polar surface area (TPSA) is 58.2 Å². The van der Waals surface area contributed by atoms with Crippen molar-refractivity contribution in [1.29, 1.82) is 0 Å². The van der Waals surface area contributed by atoms with Crippen molar-refractivity contribution in [3.8, 4) is 0 Å². The summed E-state index contributed by atoms with van der Waals surface area (Å²) in [5, 5.41) is 2.84. The lowest BCUT2D eigenvalue weighted by atomic mass is 10.2. The minimum atomic E-state index is -4.60. The monoisotopic (exact) mass is 410 g/mol. The summed E-state index contributed by atoms with van der Waals surface area (Å²) in [6.07, 6.45) is -4.06. The molecule has 0 spiro atoms. The van der Waals surface area contributed by atoms with E-state index in [4.69, 9.17) is 0 Å². The van der Waals surface area contributed by atoms with Gasteiger partial charge in [0.15, 0.2) is 0 Å². The molecule has 0 saturated carbocycles. The van der Waals surface area contributed by atoms with Crippen LogP contribution in [0.3, 0.4) is 0 Å². The first-order valence-corrected chi connectivity index (χ1v) is 7.96. The van der Waals surface area contributed by atoms with Crippen LogP contribution in [0.2, 0.25) is 0 Å². The third kappa shape index (κ3) is 6.52. The SMILES string of the molecule is CNCCCNS(=O)(=O)c1cc(Br)cc(C(F)(F)F)c1.Cl. The summed E-state index contributed by atoms with van der Waals surface area (Å²) in [6, 6.07) is 2.58. The first-order chi connectivity index (χ1) is 9.16. The Morgan fingerprint density at radius 3 is 2.33 bits per heavy atom. The molecule has 0 bridgehead atoms. The van der Waals surface area contributed by atoms with Crippen LogP contribution in [0.4, 0.5) is 13.2 Å². The zero-order valence-electron chi connectivity index (χ0n) is 11.0. The molecule has 0 aromatic heterocycles. The number of hydrogen-bond donors (Lipinski definition) is 2. The Hall–Kier alpha value is -0.350. The lowest BCUT2D eigenvalue weighted by Crippen LogP contribution is -2.27. The lowest BCUT2D eigenvalue weighted by molar-refractivity contribution is -0.137. The normalized spacial score (nSPS) is 12.0. The second-order valence-electron chi connectivity index (χ2n) is 4.03. The van der Waals surface area contributed by atoms with Crippen LogP contribution < -0.4 is 10.0 Å². The molecular weight excluding hydrogens is 397 g/mol. The van der Waals surface area contributed by atoms with Gasteiger partial charge in [-0.2, -0.15) is 13.2 Å². The highest BCUT2D eigenvalue weighted by molar-refractivity contribution is 9.10. The largest absolute Gasteiger partial charge is 0.416 e. The zero-order valence-corrected chi connectivity index (χ0v) is 14.2. The van der Waals surface area contributed by atoms with Crippen molar-refractivity contribution in [3.63, 3.8) is 0 Å². The fraction of sp³-hybridized carbons (Fsp3) is 0.455. The molecule has 0 aliphatic carbocycles. The number of halogens is 5. The van der Waals surface area contributed by atoms with Crippen LogP contribution >= 0.6 is 28.3 Å². The Balaban J connectivity index is 0.00000400. The summed E-state index contributed by atoms with van der Waals surface area (Å²) in [5.41, 5.74) is -1.01. The first kappa shape index (κ1) is 20.6. The van der Waals surface area contributed by atoms with Crippen molar-refractivity contribution in [2.45, 2.75) is 17.5 Å². The van der Waals surface area contributed by atoms with Gasteiger partial charge >= 0.3 is 6.18 Å². The van der Waals surface area contributed by atoms with E-state index in [1.807, 2.05) is 0 Å². The summed E-state index contributed by atoms with van der Waals surface area (Å²) in [6.45, 7) is 0.756. The van der Waals surface area contributed by atoms with Crippen LogP contribution in [0.1, 0.15) is 12.0 Å². The number of nitrogens with one attached hydrogen (secondary N) is 2. The maximum Gasteiger partial charge on any atom is 0.416 e. The van der Waals surface area contributed by atoms with Gasteiger partial charge in [0.1, 0.15) is 0 Å². The summed E-state index contributed by atoms with van der Waals surface area (Å²) in [4.78, 5) is -0.413. The molecule has 0 fully saturated rings. The third-order valence-electron chi connectivity index (χ3n) is 2.40. The molecule has 21 heavy (non-hydrogen) atoms. The predicted molar refractivity (Wildman–Crippen MR) is 80.1 cm³/mol. The second kappa shape index (κ2) is 8.33. The van der Waals surface area contributed by atoms with Crippen LogP contribution in [0.15, 0.2) is 27.6 Å². The van der Waals surface area contributed by atoms with Gasteiger partial charge < -0.3 is 5.32 Å². The number of alkyl halides is 3. The van der Waals surface area contributed by atoms with Crippen molar-refractivity contribution in [2.24, 2.45) is 0 Å². The maximum absolute atomic E-state index is 12.6. The fourth-order valence-corrected chi connectivity index (χ4v) is 3.23. The Labute approximate surface area is 136 Å². The second-order valence-corrected chi connectivity index (χ2v) is 6.71. The summed E-state index contributed by atoms with van der Waals surface area (Å²) in [7, 11) is -2.23. The number of rotatable bonds is 6. The maximum atomic E-state index is 12.6. The number of hydrogen-bond acceptors (Lipinski definition) is 3. The Morgan fingerprint density at radius 1 is 1.19 bits per heavy atom. The van der Waals surface area contributed by atoms with Gasteiger partial charge in [-0.3, -0.25) is 0 Å². The van der Waals surface area contributed by atoms with Gasteiger partial charge in [-0.05, 0) is 38.2 Å². The van der Waals surface area contributed by atoms with Crippen LogP contribution in [-0.2, 0) is 16.2 Å². The molecule has 122 valence electrons. The van der Waals surface area contributed by atoms with E-state index in [-0.39, 0.29) is 23.4 Å². The number of sulfonamides is 1. The highest BCUT2D eigenvalue weighted by Crippen LogP contribution is 2.33. The Kier molecular flexibility index (Phi) is 8.19. The molecular formula is C11H15BrClF3N2O2S. The van der Waals surface area contributed by atoms with E-state index in [0.29, 0.717) is 19.0 Å². The molecule has 0 heterocycles. The average molecular weight is 412 g/mol. The van der Waals surface area contributed by atoms with E-state index in [2.05, 4.69) is 26.0 Å². The van der Waals surface area contributed by atoms with E-state index in [1.54, 1.807) is 7.05 Å². The van der Waals surface area contributed by atoms with Crippen molar-refractivity contribution in [2.75, 3.05) is 20.1 Å². The fourth-order valence-electron chi connectivity index (χ4n) is 1.44. The van der Waals surface area contributed by atoms with Gasteiger partial charge in [-0.15, -0.1) is 12.4 Å². The molecule has 0 saturated heterocycles. The highest BCUT2D eigenvalue weighted by atomic mass is 79.9. The van der Waals surface area contributed by atoms with Crippen molar-refractivity contribution >= 4 is 38.4 Å². The van der Waals surface area contributed by atoms with Gasteiger partial charge in [0, 0.05) is 11.0 Å². The average Bonchev–Trinajstić information content (AvgIpc) is 2.33. The zero-order chi connectivity index (χ0) is 15.4. The van der Waals surface area contributed by atoms with Crippen molar-refractivity contribution in [1.82, 2.24) is 10.0 Å².